The summed E-state index contributed by atoms with van der Waals surface area (Å²) >= 11 is 0. The molecule has 2 heterocycles. The highest BCUT2D eigenvalue weighted by Gasteiger charge is 2.30. The van der Waals surface area contributed by atoms with Gasteiger partial charge in [-0.1, -0.05) is 30.3 Å². The molecule has 10 heteroatoms. The molecule has 0 saturated carbocycles. The van der Waals surface area contributed by atoms with Crippen molar-refractivity contribution in [1.82, 2.24) is 9.97 Å². The van der Waals surface area contributed by atoms with Crippen LogP contribution in [0.4, 0.5) is 33.1 Å². The summed E-state index contributed by atoms with van der Waals surface area (Å²) in [5, 5.41) is 15.1. The van der Waals surface area contributed by atoms with E-state index in [4.69, 9.17) is 4.74 Å². The Kier molecular flexibility index (Phi) is 6.57. The molecule has 0 spiro atoms. The van der Waals surface area contributed by atoms with Crippen LogP contribution in [0.1, 0.15) is 0 Å². The normalized spacial score (nSPS) is 13.4. The van der Waals surface area contributed by atoms with Crippen LogP contribution in [-0.2, 0) is 0 Å². The van der Waals surface area contributed by atoms with Gasteiger partial charge in [-0.2, -0.15) is 0 Å². The van der Waals surface area contributed by atoms with Crippen molar-refractivity contribution in [2.75, 3.05) is 41.3 Å². The number of ether oxygens (including phenoxy) is 1. The topological polar surface area (TPSA) is 96.7 Å². The second kappa shape index (κ2) is 10.3. The van der Waals surface area contributed by atoms with Crippen molar-refractivity contribution in [1.29, 1.82) is 0 Å². The number of rotatable bonds is 7. The highest BCUT2D eigenvalue weighted by atomic mass is 19.1. The Hall–Kier alpha value is -4.73. The first kappa shape index (κ1) is 23.0. The standard InChI is InChI=1S/C26H23FN6O3/c27-22-8-4-5-9-23(22)31-14-16-32(17-15-31)26-24(33(34)35)25(28-18-29-26)30-19-10-12-21(13-11-19)36-20-6-2-1-3-7-20/h1-13,18H,14-17H2,(H,28,29,30). The van der Waals surface area contributed by atoms with Gasteiger partial charge >= 0.3 is 5.69 Å². The number of benzene rings is 3. The van der Waals surface area contributed by atoms with Gasteiger partial charge in [0, 0.05) is 31.9 Å². The summed E-state index contributed by atoms with van der Waals surface area (Å²) in [6.07, 6.45) is 1.31. The van der Waals surface area contributed by atoms with E-state index in [-0.39, 0.29) is 23.1 Å². The summed E-state index contributed by atoms with van der Waals surface area (Å²) in [6.45, 7) is 1.93. The molecule has 1 aliphatic heterocycles. The van der Waals surface area contributed by atoms with Gasteiger partial charge in [-0.15, -0.1) is 0 Å². The first-order chi connectivity index (χ1) is 17.6. The van der Waals surface area contributed by atoms with E-state index in [0.29, 0.717) is 49.1 Å². The van der Waals surface area contributed by atoms with Gasteiger partial charge in [0.25, 0.3) is 0 Å². The molecule has 4 aromatic rings. The fourth-order valence-corrected chi connectivity index (χ4v) is 4.10. The number of hydrogen-bond donors (Lipinski definition) is 1. The van der Waals surface area contributed by atoms with Crippen LogP contribution in [0.2, 0.25) is 0 Å². The zero-order valence-corrected chi connectivity index (χ0v) is 19.3. The van der Waals surface area contributed by atoms with E-state index in [1.807, 2.05) is 40.1 Å². The van der Waals surface area contributed by atoms with Gasteiger partial charge in [-0.25, -0.2) is 14.4 Å². The predicted molar refractivity (Wildman–Crippen MR) is 136 cm³/mol. The van der Waals surface area contributed by atoms with E-state index in [9.17, 15) is 14.5 Å². The van der Waals surface area contributed by atoms with Crippen LogP contribution in [0.3, 0.4) is 0 Å². The molecule has 0 radical (unpaired) electrons. The first-order valence-corrected chi connectivity index (χ1v) is 11.4. The molecule has 1 aliphatic rings. The average Bonchev–Trinajstić information content (AvgIpc) is 2.91. The van der Waals surface area contributed by atoms with E-state index >= 15 is 0 Å². The third-order valence-corrected chi connectivity index (χ3v) is 5.85. The van der Waals surface area contributed by atoms with E-state index in [1.54, 1.807) is 42.5 Å². The summed E-state index contributed by atoms with van der Waals surface area (Å²) in [6, 6.07) is 23.0. The molecule has 36 heavy (non-hydrogen) atoms. The predicted octanol–water partition coefficient (Wildman–Crippen LogP) is 5.39. The fourth-order valence-electron chi connectivity index (χ4n) is 4.10. The minimum absolute atomic E-state index is 0.0956. The molecule has 0 amide bonds. The Balaban J connectivity index is 1.31. The molecule has 0 bridgehead atoms. The van der Waals surface area contributed by atoms with Gasteiger partial charge in [-0.05, 0) is 48.5 Å². The van der Waals surface area contributed by atoms with E-state index in [2.05, 4.69) is 15.3 Å². The number of nitrogens with one attached hydrogen (secondary N) is 1. The summed E-state index contributed by atoms with van der Waals surface area (Å²) in [7, 11) is 0. The number of nitrogens with zero attached hydrogens (tertiary/aromatic N) is 5. The SMILES string of the molecule is O=[N+]([O-])c1c(Nc2ccc(Oc3ccccc3)cc2)ncnc1N1CCN(c2ccccc2F)CC1. The summed E-state index contributed by atoms with van der Waals surface area (Å²) in [4.78, 5) is 23.7. The number of halogens is 1. The molecule has 9 nitrogen and oxygen atoms in total. The van der Waals surface area contributed by atoms with Crippen molar-refractivity contribution in [3.63, 3.8) is 0 Å². The Morgan fingerprint density at radius 1 is 0.833 bits per heavy atom. The van der Waals surface area contributed by atoms with E-state index in [1.165, 1.54) is 12.4 Å². The molecule has 1 N–H and O–H groups in total. The maximum absolute atomic E-state index is 14.2. The molecule has 1 fully saturated rings. The van der Waals surface area contributed by atoms with Gasteiger partial charge in [0.15, 0.2) is 0 Å². The first-order valence-electron chi connectivity index (χ1n) is 11.4. The number of aromatic nitrogens is 2. The van der Waals surface area contributed by atoms with Gasteiger partial charge in [0.05, 0.1) is 10.6 Å². The lowest BCUT2D eigenvalue weighted by Gasteiger charge is -2.36. The number of hydrogen-bond acceptors (Lipinski definition) is 8. The number of anilines is 4. The van der Waals surface area contributed by atoms with Crippen LogP contribution in [0.5, 0.6) is 11.5 Å². The highest BCUT2D eigenvalue weighted by molar-refractivity contribution is 5.75. The lowest BCUT2D eigenvalue weighted by molar-refractivity contribution is -0.383. The van der Waals surface area contributed by atoms with E-state index in [0.717, 1.165) is 0 Å². The lowest BCUT2D eigenvalue weighted by Crippen LogP contribution is -2.47. The molecule has 1 saturated heterocycles. The minimum Gasteiger partial charge on any atom is -0.457 e. The second-order valence-corrected chi connectivity index (χ2v) is 8.14. The molecule has 1 aromatic heterocycles. The Morgan fingerprint density at radius 2 is 1.47 bits per heavy atom. The van der Waals surface area contributed by atoms with Gasteiger partial charge in [0.1, 0.15) is 23.6 Å². The Labute approximate surface area is 206 Å². The molecular formula is C26H23FN6O3. The smallest absolute Gasteiger partial charge is 0.353 e. The van der Waals surface area contributed by atoms with Crippen molar-refractivity contribution in [3.8, 4) is 11.5 Å². The maximum atomic E-state index is 14.2. The molecule has 182 valence electrons. The molecule has 0 unspecified atom stereocenters. The van der Waals surface area contributed by atoms with E-state index < -0.39 is 4.92 Å². The monoisotopic (exact) mass is 486 g/mol. The number of nitro groups is 1. The Morgan fingerprint density at radius 3 is 2.17 bits per heavy atom. The minimum atomic E-state index is -0.478. The third kappa shape index (κ3) is 5.02. The number of para-hydroxylation sites is 2. The fraction of sp³-hybridized carbons (Fsp3) is 0.154. The summed E-state index contributed by atoms with van der Waals surface area (Å²) in [5.74, 6) is 1.39. The molecular weight excluding hydrogens is 463 g/mol. The summed E-state index contributed by atoms with van der Waals surface area (Å²) in [5.41, 5.74) is 0.936. The van der Waals surface area contributed by atoms with Crippen LogP contribution in [-0.4, -0.2) is 41.1 Å². The second-order valence-electron chi connectivity index (χ2n) is 8.14. The van der Waals surface area contributed by atoms with Crippen molar-refractivity contribution in [2.24, 2.45) is 0 Å². The van der Waals surface area contributed by atoms with Crippen LogP contribution in [0, 0.1) is 15.9 Å². The number of piperazine rings is 1. The lowest BCUT2D eigenvalue weighted by atomic mass is 10.2. The quantitative estimate of drug-likeness (QED) is 0.275. The van der Waals surface area contributed by atoms with Gasteiger partial charge < -0.3 is 19.9 Å². The largest absolute Gasteiger partial charge is 0.457 e. The molecule has 0 aliphatic carbocycles. The van der Waals surface area contributed by atoms with Crippen molar-refractivity contribution < 1.29 is 14.1 Å². The van der Waals surface area contributed by atoms with Crippen LogP contribution in [0.15, 0.2) is 85.2 Å². The Bertz CT molecular complexity index is 1350. The van der Waals surface area contributed by atoms with Crippen molar-refractivity contribution in [2.45, 2.75) is 0 Å². The highest BCUT2D eigenvalue weighted by Crippen LogP contribution is 2.35. The van der Waals surface area contributed by atoms with Crippen LogP contribution in [0.25, 0.3) is 0 Å². The molecule has 0 atom stereocenters. The van der Waals surface area contributed by atoms with Crippen LogP contribution >= 0.6 is 0 Å². The maximum Gasteiger partial charge on any atom is 0.353 e. The third-order valence-electron chi connectivity index (χ3n) is 5.85. The van der Waals surface area contributed by atoms with Gasteiger partial charge in [-0.3, -0.25) is 10.1 Å². The zero-order valence-electron chi connectivity index (χ0n) is 19.3. The van der Waals surface area contributed by atoms with Gasteiger partial charge in [0.2, 0.25) is 11.6 Å². The summed E-state index contributed by atoms with van der Waals surface area (Å²) < 4.78 is 20.0. The van der Waals surface area contributed by atoms with Crippen LogP contribution < -0.4 is 19.9 Å². The molecule has 5 rings (SSSR count). The average molecular weight is 487 g/mol. The molecule has 3 aromatic carbocycles. The van der Waals surface area contributed by atoms with Crippen molar-refractivity contribution in [3.05, 3.63) is 101 Å². The zero-order chi connectivity index (χ0) is 24.9. The van der Waals surface area contributed by atoms with Crippen molar-refractivity contribution >= 4 is 28.7 Å².